The third kappa shape index (κ3) is 4.39. The fourth-order valence-electron chi connectivity index (χ4n) is 2.22. The smallest absolute Gasteiger partial charge is 0.178 e. The summed E-state index contributed by atoms with van der Waals surface area (Å²) in [4.78, 5) is 23.8. The molecule has 2 rings (SSSR count). The van der Waals surface area contributed by atoms with E-state index in [9.17, 15) is 9.59 Å². The molecule has 4 heteroatoms. The van der Waals surface area contributed by atoms with Crippen molar-refractivity contribution in [3.63, 3.8) is 0 Å². The summed E-state index contributed by atoms with van der Waals surface area (Å²) >= 11 is 6.74. The summed E-state index contributed by atoms with van der Waals surface area (Å²) in [7, 11) is 0. The van der Waals surface area contributed by atoms with Gasteiger partial charge in [0, 0.05) is 11.1 Å². The third-order valence-electron chi connectivity index (χ3n) is 3.68. The molecule has 23 heavy (non-hydrogen) atoms. The maximum absolute atomic E-state index is 12.6. The van der Waals surface area contributed by atoms with Gasteiger partial charge >= 0.3 is 0 Å². The first kappa shape index (κ1) is 18.1. The van der Waals surface area contributed by atoms with Gasteiger partial charge in [0.1, 0.15) is 0 Å². The molecule has 0 amide bonds. The molecule has 2 aromatic rings. The number of halogens is 2. The standard InChI is InChI=1S/C19H18Br2O2/c1-12(2)13-8-10-15(11-9-13)19(23)17(21)16(20)18(22)14-6-4-3-5-7-14/h3-12,16-17H,1-2H3/t16-,17+/m0/s1. The molecule has 2 nitrogen and oxygen atoms in total. The Morgan fingerprint density at radius 2 is 1.17 bits per heavy atom. The van der Waals surface area contributed by atoms with Crippen LogP contribution in [-0.2, 0) is 0 Å². The van der Waals surface area contributed by atoms with Gasteiger partial charge in [-0.15, -0.1) is 0 Å². The second kappa shape index (κ2) is 8.02. The molecule has 120 valence electrons. The van der Waals surface area contributed by atoms with Gasteiger partial charge in [0.05, 0.1) is 9.65 Å². The fraction of sp³-hybridized carbons (Fsp3) is 0.263. The van der Waals surface area contributed by atoms with Crippen LogP contribution in [0.3, 0.4) is 0 Å². The van der Waals surface area contributed by atoms with Crippen molar-refractivity contribution in [1.82, 2.24) is 0 Å². The Kier molecular flexibility index (Phi) is 6.31. The second-order valence-electron chi connectivity index (χ2n) is 5.67. The van der Waals surface area contributed by atoms with Gasteiger partial charge in [-0.25, -0.2) is 0 Å². The van der Waals surface area contributed by atoms with Crippen LogP contribution in [0.4, 0.5) is 0 Å². The number of carbonyl (C=O) groups excluding carboxylic acids is 2. The van der Waals surface area contributed by atoms with E-state index < -0.39 is 9.65 Å². The average molecular weight is 438 g/mol. The monoisotopic (exact) mass is 436 g/mol. The first-order valence-corrected chi connectivity index (χ1v) is 9.26. The number of ketones is 2. The molecule has 0 unspecified atom stereocenters. The molecule has 0 aliphatic heterocycles. The van der Waals surface area contributed by atoms with E-state index in [1.165, 1.54) is 5.56 Å². The lowest BCUT2D eigenvalue weighted by molar-refractivity contribution is 0.0934. The minimum absolute atomic E-state index is 0.105. The lowest BCUT2D eigenvalue weighted by atomic mass is 9.98. The van der Waals surface area contributed by atoms with Crippen LogP contribution in [0.25, 0.3) is 0 Å². The van der Waals surface area contributed by atoms with Crippen molar-refractivity contribution in [3.8, 4) is 0 Å². The number of benzene rings is 2. The predicted molar refractivity (Wildman–Crippen MR) is 101 cm³/mol. The van der Waals surface area contributed by atoms with Crippen molar-refractivity contribution in [2.75, 3.05) is 0 Å². The molecule has 0 saturated heterocycles. The topological polar surface area (TPSA) is 34.1 Å². The summed E-state index contributed by atoms with van der Waals surface area (Å²) in [5.74, 6) is 0.202. The molecule has 0 spiro atoms. The van der Waals surface area contributed by atoms with Crippen molar-refractivity contribution in [2.45, 2.75) is 29.4 Å². The molecule has 2 atom stereocenters. The van der Waals surface area contributed by atoms with Gasteiger partial charge in [-0.2, -0.15) is 0 Å². The van der Waals surface area contributed by atoms with E-state index in [4.69, 9.17) is 0 Å². The summed E-state index contributed by atoms with van der Waals surface area (Å²) < 4.78 is 0. The molecule has 0 radical (unpaired) electrons. The van der Waals surface area contributed by atoms with Gasteiger partial charge < -0.3 is 0 Å². The Hall–Kier alpha value is -1.26. The van der Waals surface area contributed by atoms with Crippen molar-refractivity contribution < 1.29 is 9.59 Å². The zero-order valence-electron chi connectivity index (χ0n) is 13.0. The molecule has 0 bridgehead atoms. The Bertz CT molecular complexity index is 678. The van der Waals surface area contributed by atoms with Crippen molar-refractivity contribution in [3.05, 3.63) is 71.3 Å². The predicted octanol–water partition coefficient (Wildman–Crippen LogP) is 5.40. The highest BCUT2D eigenvalue weighted by atomic mass is 79.9. The Balaban J connectivity index is 2.14. The molecular formula is C19H18Br2O2. The maximum atomic E-state index is 12.6. The summed E-state index contributed by atoms with van der Waals surface area (Å²) in [6, 6.07) is 16.5. The van der Waals surface area contributed by atoms with Crippen molar-refractivity contribution >= 4 is 43.4 Å². The molecule has 2 aromatic carbocycles. The number of carbonyl (C=O) groups is 2. The van der Waals surface area contributed by atoms with E-state index in [0.29, 0.717) is 17.0 Å². The van der Waals surface area contributed by atoms with E-state index in [0.717, 1.165) is 0 Å². The molecular weight excluding hydrogens is 420 g/mol. The minimum atomic E-state index is -0.611. The van der Waals surface area contributed by atoms with Gasteiger partial charge in [-0.05, 0) is 11.5 Å². The first-order valence-electron chi connectivity index (χ1n) is 7.43. The number of rotatable bonds is 6. The van der Waals surface area contributed by atoms with Crippen LogP contribution in [0.15, 0.2) is 54.6 Å². The number of Topliss-reactive ketones (excluding diaryl/α,β-unsaturated/α-hetero) is 2. The zero-order valence-corrected chi connectivity index (χ0v) is 16.2. The van der Waals surface area contributed by atoms with E-state index in [1.807, 2.05) is 42.5 Å². The molecule has 0 fully saturated rings. The number of hydrogen-bond donors (Lipinski definition) is 0. The first-order chi connectivity index (χ1) is 10.9. The summed E-state index contributed by atoms with van der Waals surface area (Å²) in [6.07, 6.45) is 0. The van der Waals surface area contributed by atoms with Crippen LogP contribution in [-0.4, -0.2) is 21.2 Å². The van der Waals surface area contributed by atoms with Crippen LogP contribution < -0.4 is 0 Å². The lowest BCUT2D eigenvalue weighted by Gasteiger charge is -2.15. The van der Waals surface area contributed by atoms with E-state index >= 15 is 0 Å². The number of hydrogen-bond acceptors (Lipinski definition) is 2. The molecule has 0 heterocycles. The molecule has 0 saturated carbocycles. The summed E-state index contributed by atoms with van der Waals surface area (Å²) in [5, 5.41) is 0. The Morgan fingerprint density at radius 1 is 0.739 bits per heavy atom. The van der Waals surface area contributed by atoms with Crippen molar-refractivity contribution in [2.24, 2.45) is 0 Å². The zero-order chi connectivity index (χ0) is 17.0. The Morgan fingerprint density at radius 3 is 1.61 bits per heavy atom. The SMILES string of the molecule is CC(C)c1ccc(C(=O)[C@H](Br)[C@H](Br)C(=O)c2ccccc2)cc1. The normalized spacial score (nSPS) is 13.6. The summed E-state index contributed by atoms with van der Waals surface area (Å²) in [6.45, 7) is 4.22. The van der Waals surface area contributed by atoms with Gasteiger partial charge in [-0.1, -0.05) is 100 Å². The van der Waals surface area contributed by atoms with Crippen molar-refractivity contribution in [1.29, 1.82) is 0 Å². The summed E-state index contributed by atoms with van der Waals surface area (Å²) in [5.41, 5.74) is 2.37. The highest BCUT2D eigenvalue weighted by Gasteiger charge is 2.30. The molecule has 0 N–H and O–H groups in total. The highest BCUT2D eigenvalue weighted by Crippen LogP contribution is 2.24. The van der Waals surface area contributed by atoms with Crippen LogP contribution in [0.2, 0.25) is 0 Å². The van der Waals surface area contributed by atoms with Gasteiger partial charge in [-0.3, -0.25) is 9.59 Å². The van der Waals surface area contributed by atoms with Crippen LogP contribution >= 0.6 is 31.9 Å². The fourth-order valence-corrected chi connectivity index (χ4v) is 3.23. The average Bonchev–Trinajstić information content (AvgIpc) is 2.60. The van der Waals surface area contributed by atoms with E-state index in [1.54, 1.807) is 12.1 Å². The lowest BCUT2D eigenvalue weighted by Crippen LogP contribution is -2.31. The van der Waals surface area contributed by atoms with Gasteiger partial charge in [0.15, 0.2) is 11.6 Å². The third-order valence-corrected chi connectivity index (χ3v) is 6.28. The molecule has 0 aliphatic carbocycles. The van der Waals surface area contributed by atoms with E-state index in [2.05, 4.69) is 45.7 Å². The van der Waals surface area contributed by atoms with Crippen LogP contribution in [0.5, 0.6) is 0 Å². The number of alkyl halides is 2. The quantitative estimate of drug-likeness (QED) is 0.447. The van der Waals surface area contributed by atoms with Gasteiger partial charge in [0.2, 0.25) is 0 Å². The molecule has 0 aliphatic rings. The maximum Gasteiger partial charge on any atom is 0.178 e. The highest BCUT2D eigenvalue weighted by molar-refractivity contribution is 9.12. The van der Waals surface area contributed by atoms with Gasteiger partial charge in [0.25, 0.3) is 0 Å². The largest absolute Gasteiger partial charge is 0.293 e. The molecule has 0 aromatic heterocycles. The second-order valence-corrected chi connectivity index (χ2v) is 7.65. The van der Waals surface area contributed by atoms with Crippen LogP contribution in [0.1, 0.15) is 46.0 Å². The minimum Gasteiger partial charge on any atom is -0.293 e. The Labute approximate surface area is 153 Å². The van der Waals surface area contributed by atoms with Crippen LogP contribution in [0, 0.1) is 0 Å². The van der Waals surface area contributed by atoms with E-state index in [-0.39, 0.29) is 11.6 Å².